The molecule has 0 saturated carbocycles. The van der Waals surface area contributed by atoms with Crippen LogP contribution in [0.5, 0.6) is 0 Å². The summed E-state index contributed by atoms with van der Waals surface area (Å²) in [5, 5.41) is 2.41. The highest BCUT2D eigenvalue weighted by molar-refractivity contribution is 5.72. The molecule has 0 radical (unpaired) electrons. The molecule has 0 amide bonds. The molecule has 2 fully saturated rings. The van der Waals surface area contributed by atoms with Gasteiger partial charge in [0.05, 0.1) is 38.8 Å². The van der Waals surface area contributed by atoms with Gasteiger partial charge in [0.1, 0.15) is 5.92 Å². The Hall–Kier alpha value is -0.610. The fraction of sp³-hybridized carbons (Fsp3) is 0.923. The third-order valence-electron chi connectivity index (χ3n) is 4.19. The zero-order valence-electron chi connectivity index (χ0n) is 10.9. The summed E-state index contributed by atoms with van der Waals surface area (Å²) < 4.78 is 5.16. The first kappa shape index (κ1) is 12.8. The van der Waals surface area contributed by atoms with E-state index in [4.69, 9.17) is 4.74 Å². The Bertz CT molecular complexity index is 252. The zero-order chi connectivity index (χ0) is 12.1. The summed E-state index contributed by atoms with van der Waals surface area (Å²) in [5.41, 5.74) is 0. The van der Waals surface area contributed by atoms with E-state index in [1.807, 2.05) is 6.92 Å². The van der Waals surface area contributed by atoms with Crippen molar-refractivity contribution in [1.29, 1.82) is 0 Å². The standard InChI is InChI=1S/C13H24N2O2/c1-2-17-13(16)11-4-3-9-15(10-11)12-5-7-14-8-6-12/h11-12,14H,2-10H2,1H3/p+2/t11-/m1/s1. The van der Waals surface area contributed by atoms with Crippen molar-refractivity contribution in [1.82, 2.24) is 0 Å². The number of carbonyl (C=O) groups excluding carboxylic acids is 1. The van der Waals surface area contributed by atoms with Gasteiger partial charge in [-0.1, -0.05) is 0 Å². The Morgan fingerprint density at radius 2 is 2.12 bits per heavy atom. The van der Waals surface area contributed by atoms with Crippen LogP contribution < -0.4 is 10.2 Å². The normalized spacial score (nSPS) is 31.1. The smallest absolute Gasteiger partial charge is 0.314 e. The first-order chi connectivity index (χ1) is 8.31. The molecule has 0 bridgehead atoms. The number of hydrogen-bond donors (Lipinski definition) is 2. The van der Waals surface area contributed by atoms with E-state index < -0.39 is 0 Å². The monoisotopic (exact) mass is 242 g/mol. The summed E-state index contributed by atoms with van der Waals surface area (Å²) in [6.07, 6.45) is 4.83. The third-order valence-corrected chi connectivity index (χ3v) is 4.19. The van der Waals surface area contributed by atoms with Crippen molar-refractivity contribution in [3.63, 3.8) is 0 Å². The summed E-state index contributed by atoms with van der Waals surface area (Å²) in [4.78, 5) is 13.4. The molecule has 2 aliphatic heterocycles. The van der Waals surface area contributed by atoms with E-state index in [0.717, 1.165) is 19.0 Å². The Labute approximate surface area is 104 Å². The van der Waals surface area contributed by atoms with Crippen LogP contribution in [-0.2, 0) is 9.53 Å². The molecule has 0 aliphatic carbocycles. The number of likely N-dealkylation sites (tertiary alicyclic amines) is 1. The van der Waals surface area contributed by atoms with Gasteiger partial charge in [-0.2, -0.15) is 0 Å². The summed E-state index contributed by atoms with van der Waals surface area (Å²) in [7, 11) is 0. The second-order valence-electron chi connectivity index (χ2n) is 5.34. The molecule has 0 aromatic rings. The summed E-state index contributed by atoms with van der Waals surface area (Å²) in [5.74, 6) is 0.191. The molecule has 0 aromatic heterocycles. The third kappa shape index (κ3) is 3.42. The largest absolute Gasteiger partial charge is 0.466 e. The van der Waals surface area contributed by atoms with Gasteiger partial charge < -0.3 is 15.0 Å². The van der Waals surface area contributed by atoms with Gasteiger partial charge in [-0.15, -0.1) is 0 Å². The molecule has 1 unspecified atom stereocenters. The van der Waals surface area contributed by atoms with Gasteiger partial charge >= 0.3 is 5.97 Å². The first-order valence-electron chi connectivity index (χ1n) is 7.14. The number of rotatable bonds is 3. The predicted molar refractivity (Wildman–Crippen MR) is 64.7 cm³/mol. The lowest BCUT2D eigenvalue weighted by molar-refractivity contribution is -0.939. The molecule has 2 atom stereocenters. The van der Waals surface area contributed by atoms with Gasteiger partial charge in [0.15, 0.2) is 0 Å². The number of nitrogens with two attached hydrogens (primary N) is 1. The van der Waals surface area contributed by atoms with Crippen LogP contribution in [0.4, 0.5) is 0 Å². The van der Waals surface area contributed by atoms with E-state index >= 15 is 0 Å². The SMILES string of the molecule is CCOC(=O)[C@@H]1CCC[NH+](C2CC[NH2+]CC2)C1. The highest BCUT2D eigenvalue weighted by atomic mass is 16.5. The highest BCUT2D eigenvalue weighted by Gasteiger charge is 2.34. The number of piperidine rings is 2. The fourth-order valence-corrected chi connectivity index (χ4v) is 3.26. The van der Waals surface area contributed by atoms with Crippen LogP contribution >= 0.6 is 0 Å². The van der Waals surface area contributed by atoms with E-state index in [1.165, 1.54) is 38.9 Å². The second kappa shape index (κ2) is 6.36. The average Bonchev–Trinajstić information content (AvgIpc) is 2.40. The van der Waals surface area contributed by atoms with Crippen molar-refractivity contribution in [2.24, 2.45) is 5.92 Å². The maximum absolute atomic E-state index is 11.8. The quantitative estimate of drug-likeness (QED) is 0.596. The fourth-order valence-electron chi connectivity index (χ4n) is 3.26. The van der Waals surface area contributed by atoms with E-state index in [9.17, 15) is 4.79 Å². The molecule has 3 N–H and O–H groups in total. The van der Waals surface area contributed by atoms with Crippen molar-refractivity contribution < 1.29 is 19.7 Å². The van der Waals surface area contributed by atoms with Gasteiger partial charge in [-0.25, -0.2) is 0 Å². The molecule has 2 rings (SSSR count). The minimum Gasteiger partial charge on any atom is -0.466 e. The predicted octanol–water partition coefficient (Wildman–Crippen LogP) is -1.43. The number of quaternary nitrogens is 2. The molecule has 4 heteroatoms. The van der Waals surface area contributed by atoms with E-state index in [1.54, 1.807) is 4.90 Å². The molecular weight excluding hydrogens is 216 g/mol. The highest BCUT2D eigenvalue weighted by Crippen LogP contribution is 2.11. The summed E-state index contributed by atoms with van der Waals surface area (Å²) >= 11 is 0. The van der Waals surface area contributed by atoms with E-state index in [0.29, 0.717) is 6.61 Å². The maximum Gasteiger partial charge on any atom is 0.314 e. The lowest BCUT2D eigenvalue weighted by Crippen LogP contribution is -3.18. The summed E-state index contributed by atoms with van der Waals surface area (Å²) in [6.45, 7) is 7.19. The van der Waals surface area contributed by atoms with Gasteiger partial charge in [-0.3, -0.25) is 4.79 Å². The van der Waals surface area contributed by atoms with Crippen molar-refractivity contribution in [2.75, 3.05) is 32.8 Å². The van der Waals surface area contributed by atoms with Crippen LogP contribution in [0.3, 0.4) is 0 Å². The van der Waals surface area contributed by atoms with Crippen LogP contribution in [0.25, 0.3) is 0 Å². The minimum atomic E-state index is 0.0343. The number of ether oxygens (including phenoxy) is 1. The number of esters is 1. The zero-order valence-corrected chi connectivity index (χ0v) is 10.9. The van der Waals surface area contributed by atoms with Crippen molar-refractivity contribution >= 4 is 5.97 Å². The molecule has 4 nitrogen and oxygen atoms in total. The first-order valence-corrected chi connectivity index (χ1v) is 7.14. The van der Waals surface area contributed by atoms with Crippen molar-refractivity contribution in [3.05, 3.63) is 0 Å². The van der Waals surface area contributed by atoms with Gasteiger partial charge in [0.2, 0.25) is 0 Å². The number of hydrogen-bond acceptors (Lipinski definition) is 2. The Morgan fingerprint density at radius 1 is 1.35 bits per heavy atom. The topological polar surface area (TPSA) is 47.4 Å². The van der Waals surface area contributed by atoms with Crippen molar-refractivity contribution in [2.45, 2.75) is 38.6 Å². The maximum atomic E-state index is 11.8. The minimum absolute atomic E-state index is 0.0343. The van der Waals surface area contributed by atoms with Gasteiger partial charge in [0.25, 0.3) is 0 Å². The van der Waals surface area contributed by atoms with Crippen LogP contribution in [0.15, 0.2) is 0 Å². The Morgan fingerprint density at radius 3 is 2.82 bits per heavy atom. The lowest BCUT2D eigenvalue weighted by atomic mass is 9.94. The lowest BCUT2D eigenvalue weighted by Gasteiger charge is -2.35. The van der Waals surface area contributed by atoms with Crippen LogP contribution in [0.2, 0.25) is 0 Å². The van der Waals surface area contributed by atoms with E-state index in [2.05, 4.69) is 5.32 Å². The van der Waals surface area contributed by atoms with Crippen LogP contribution in [-0.4, -0.2) is 44.8 Å². The molecule has 2 heterocycles. The van der Waals surface area contributed by atoms with Crippen LogP contribution in [0.1, 0.15) is 32.6 Å². The second-order valence-corrected chi connectivity index (χ2v) is 5.34. The Balaban J connectivity index is 1.85. The van der Waals surface area contributed by atoms with Crippen molar-refractivity contribution in [3.8, 4) is 0 Å². The molecule has 17 heavy (non-hydrogen) atoms. The number of carbonyl (C=O) groups is 1. The molecule has 2 saturated heterocycles. The molecular formula is C13H26N2O2+2. The molecule has 98 valence electrons. The number of nitrogens with one attached hydrogen (secondary N) is 1. The van der Waals surface area contributed by atoms with Gasteiger partial charge in [-0.05, 0) is 19.8 Å². The summed E-state index contributed by atoms with van der Waals surface area (Å²) in [6, 6.07) is 0.789. The van der Waals surface area contributed by atoms with Crippen LogP contribution in [0, 0.1) is 5.92 Å². The molecule has 2 aliphatic rings. The van der Waals surface area contributed by atoms with E-state index in [-0.39, 0.29) is 11.9 Å². The molecule has 0 aromatic carbocycles. The van der Waals surface area contributed by atoms with Gasteiger partial charge in [0, 0.05) is 12.8 Å². The Kier molecular flexibility index (Phi) is 4.80. The average molecular weight is 242 g/mol. The molecule has 0 spiro atoms.